The van der Waals surface area contributed by atoms with E-state index < -0.39 is 0 Å². The van der Waals surface area contributed by atoms with Crippen molar-refractivity contribution in [3.05, 3.63) is 54.1 Å². The Morgan fingerprint density at radius 3 is 2.40 bits per heavy atom. The first-order chi connectivity index (χ1) is 12.1. The topological polar surface area (TPSA) is 59.0 Å². The standard InChI is InChI=1S/C19H23NO4S/c1-20(18(12-21)14-7-9-15(23-2)10-8-14)19(22)13-25-17-6-4-5-16(11-17)24-3/h4-11,18,21H,12-13H2,1-3H3/t18-/m0/s1. The van der Waals surface area contributed by atoms with Gasteiger partial charge in [-0.2, -0.15) is 0 Å². The highest BCUT2D eigenvalue weighted by Crippen LogP contribution is 2.26. The quantitative estimate of drug-likeness (QED) is 0.733. The molecule has 0 bridgehead atoms. The maximum atomic E-state index is 12.5. The molecule has 0 fully saturated rings. The van der Waals surface area contributed by atoms with Crippen molar-refractivity contribution >= 4 is 17.7 Å². The molecule has 0 aliphatic rings. The minimum Gasteiger partial charge on any atom is -0.497 e. The Labute approximate surface area is 152 Å². The van der Waals surface area contributed by atoms with E-state index in [4.69, 9.17) is 9.47 Å². The van der Waals surface area contributed by atoms with Crippen LogP contribution in [-0.2, 0) is 4.79 Å². The molecule has 25 heavy (non-hydrogen) atoms. The summed E-state index contributed by atoms with van der Waals surface area (Å²) >= 11 is 1.44. The van der Waals surface area contributed by atoms with Gasteiger partial charge in [0.15, 0.2) is 0 Å². The molecule has 1 amide bonds. The number of methoxy groups -OCH3 is 2. The molecular weight excluding hydrogens is 338 g/mol. The first-order valence-electron chi connectivity index (χ1n) is 7.86. The van der Waals surface area contributed by atoms with Gasteiger partial charge in [-0.25, -0.2) is 0 Å². The van der Waals surface area contributed by atoms with E-state index in [1.165, 1.54) is 11.8 Å². The van der Waals surface area contributed by atoms with Gasteiger partial charge in [-0.05, 0) is 35.9 Å². The summed E-state index contributed by atoms with van der Waals surface area (Å²) in [5.74, 6) is 1.74. The molecule has 2 rings (SSSR count). The second-order valence-electron chi connectivity index (χ2n) is 5.44. The molecule has 0 unspecified atom stereocenters. The van der Waals surface area contributed by atoms with E-state index in [1.807, 2.05) is 48.5 Å². The molecule has 0 aromatic heterocycles. The molecule has 2 aromatic carbocycles. The van der Waals surface area contributed by atoms with Gasteiger partial charge in [0.1, 0.15) is 11.5 Å². The summed E-state index contributed by atoms with van der Waals surface area (Å²) in [5.41, 5.74) is 0.866. The van der Waals surface area contributed by atoms with E-state index in [2.05, 4.69) is 0 Å². The van der Waals surface area contributed by atoms with Gasteiger partial charge in [0.25, 0.3) is 0 Å². The van der Waals surface area contributed by atoms with Crippen LogP contribution in [0.3, 0.4) is 0 Å². The number of amides is 1. The molecule has 1 N–H and O–H groups in total. The molecule has 0 radical (unpaired) electrons. The number of ether oxygens (including phenoxy) is 2. The zero-order valence-corrected chi connectivity index (χ0v) is 15.5. The number of hydrogen-bond donors (Lipinski definition) is 1. The van der Waals surface area contributed by atoms with Gasteiger partial charge >= 0.3 is 0 Å². The van der Waals surface area contributed by atoms with E-state index in [1.54, 1.807) is 26.2 Å². The highest BCUT2D eigenvalue weighted by atomic mass is 32.2. The first-order valence-corrected chi connectivity index (χ1v) is 8.85. The molecule has 0 aliphatic heterocycles. The predicted molar refractivity (Wildman–Crippen MR) is 99.3 cm³/mol. The van der Waals surface area contributed by atoms with E-state index in [-0.39, 0.29) is 24.3 Å². The Balaban J connectivity index is 2.00. The van der Waals surface area contributed by atoms with Gasteiger partial charge in [-0.3, -0.25) is 4.79 Å². The maximum Gasteiger partial charge on any atom is 0.233 e. The summed E-state index contributed by atoms with van der Waals surface area (Å²) in [6, 6.07) is 14.6. The summed E-state index contributed by atoms with van der Waals surface area (Å²) in [7, 11) is 4.92. The van der Waals surface area contributed by atoms with Crippen molar-refractivity contribution in [1.82, 2.24) is 4.90 Å². The van der Waals surface area contributed by atoms with Crippen LogP contribution in [0.4, 0.5) is 0 Å². The SMILES string of the molecule is COc1ccc([C@H](CO)N(C)C(=O)CSc2cccc(OC)c2)cc1. The molecule has 5 nitrogen and oxygen atoms in total. The summed E-state index contributed by atoms with van der Waals surface area (Å²) in [4.78, 5) is 15.0. The van der Waals surface area contributed by atoms with Crippen LogP contribution < -0.4 is 9.47 Å². The largest absolute Gasteiger partial charge is 0.497 e. The summed E-state index contributed by atoms with van der Waals surface area (Å²) in [6.07, 6.45) is 0. The normalized spacial score (nSPS) is 11.7. The fourth-order valence-electron chi connectivity index (χ4n) is 2.39. The molecular formula is C19H23NO4S. The third-order valence-electron chi connectivity index (χ3n) is 3.94. The van der Waals surface area contributed by atoms with Crippen molar-refractivity contribution < 1.29 is 19.4 Å². The Kier molecular flexibility index (Phi) is 7.16. The molecule has 0 spiro atoms. The van der Waals surface area contributed by atoms with E-state index in [0.29, 0.717) is 0 Å². The van der Waals surface area contributed by atoms with E-state index in [9.17, 15) is 9.90 Å². The van der Waals surface area contributed by atoms with Crippen LogP contribution in [0.1, 0.15) is 11.6 Å². The minimum absolute atomic E-state index is 0.0531. The molecule has 6 heteroatoms. The highest BCUT2D eigenvalue weighted by Gasteiger charge is 2.21. The maximum absolute atomic E-state index is 12.5. The number of nitrogens with zero attached hydrogens (tertiary/aromatic N) is 1. The van der Waals surface area contributed by atoms with Crippen LogP contribution in [0.25, 0.3) is 0 Å². The number of carbonyl (C=O) groups is 1. The molecule has 0 aliphatic carbocycles. The van der Waals surface area contributed by atoms with Crippen LogP contribution in [0, 0.1) is 0 Å². The molecule has 0 heterocycles. The molecule has 0 saturated carbocycles. The number of aliphatic hydroxyl groups is 1. The Hall–Kier alpha value is -2.18. The number of rotatable bonds is 8. The lowest BCUT2D eigenvalue weighted by molar-refractivity contribution is -0.130. The molecule has 2 aromatic rings. The van der Waals surface area contributed by atoms with E-state index >= 15 is 0 Å². The van der Waals surface area contributed by atoms with Crippen molar-refractivity contribution in [3.63, 3.8) is 0 Å². The summed E-state index contributed by atoms with van der Waals surface area (Å²) in [6.45, 7) is -0.140. The second-order valence-corrected chi connectivity index (χ2v) is 6.49. The molecule has 0 saturated heterocycles. The zero-order valence-electron chi connectivity index (χ0n) is 14.6. The second kappa shape index (κ2) is 9.34. The predicted octanol–water partition coefficient (Wildman–Crippen LogP) is 2.99. The number of benzene rings is 2. The Morgan fingerprint density at radius 2 is 1.80 bits per heavy atom. The van der Waals surface area contributed by atoms with Crippen LogP contribution in [0.15, 0.2) is 53.4 Å². The number of likely N-dealkylation sites (N-methyl/N-ethyl adjacent to an activating group) is 1. The lowest BCUT2D eigenvalue weighted by Gasteiger charge is -2.27. The van der Waals surface area contributed by atoms with Crippen molar-refractivity contribution in [3.8, 4) is 11.5 Å². The average Bonchev–Trinajstić information content (AvgIpc) is 2.67. The number of hydrogen-bond acceptors (Lipinski definition) is 5. The van der Waals surface area contributed by atoms with Crippen LogP contribution >= 0.6 is 11.8 Å². The molecule has 1 atom stereocenters. The fraction of sp³-hybridized carbons (Fsp3) is 0.316. The van der Waals surface area contributed by atoms with Crippen molar-refractivity contribution in [2.45, 2.75) is 10.9 Å². The van der Waals surface area contributed by atoms with E-state index in [0.717, 1.165) is 22.0 Å². The Bertz CT molecular complexity index is 690. The fourth-order valence-corrected chi connectivity index (χ4v) is 3.26. The van der Waals surface area contributed by atoms with Gasteiger partial charge < -0.3 is 19.5 Å². The summed E-state index contributed by atoms with van der Waals surface area (Å²) in [5, 5.41) is 9.73. The van der Waals surface area contributed by atoms with Gasteiger partial charge in [0.05, 0.1) is 32.6 Å². The smallest absolute Gasteiger partial charge is 0.233 e. The minimum atomic E-state index is -0.385. The van der Waals surface area contributed by atoms with Crippen molar-refractivity contribution in [2.24, 2.45) is 0 Å². The zero-order chi connectivity index (χ0) is 18.2. The first kappa shape index (κ1) is 19.1. The van der Waals surface area contributed by atoms with Crippen LogP contribution in [0.2, 0.25) is 0 Å². The van der Waals surface area contributed by atoms with Gasteiger partial charge in [-0.15, -0.1) is 11.8 Å². The van der Waals surface area contributed by atoms with Crippen molar-refractivity contribution in [1.29, 1.82) is 0 Å². The lowest BCUT2D eigenvalue weighted by Crippen LogP contribution is -2.34. The Morgan fingerprint density at radius 1 is 1.12 bits per heavy atom. The van der Waals surface area contributed by atoms with Crippen molar-refractivity contribution in [2.75, 3.05) is 33.6 Å². The van der Waals surface area contributed by atoms with Gasteiger partial charge in [0.2, 0.25) is 5.91 Å². The van der Waals surface area contributed by atoms with Crippen LogP contribution in [-0.4, -0.2) is 49.5 Å². The van der Waals surface area contributed by atoms with Gasteiger partial charge in [0, 0.05) is 11.9 Å². The lowest BCUT2D eigenvalue weighted by atomic mass is 10.1. The molecule has 134 valence electrons. The number of aliphatic hydroxyl groups excluding tert-OH is 1. The van der Waals surface area contributed by atoms with Crippen LogP contribution in [0.5, 0.6) is 11.5 Å². The third kappa shape index (κ3) is 5.14. The monoisotopic (exact) mass is 361 g/mol. The number of thioether (sulfide) groups is 1. The third-order valence-corrected chi connectivity index (χ3v) is 4.92. The van der Waals surface area contributed by atoms with Gasteiger partial charge in [-0.1, -0.05) is 18.2 Å². The number of carbonyl (C=O) groups excluding carboxylic acids is 1. The highest BCUT2D eigenvalue weighted by molar-refractivity contribution is 8.00. The summed E-state index contributed by atoms with van der Waals surface area (Å²) < 4.78 is 10.3. The average molecular weight is 361 g/mol.